The van der Waals surface area contributed by atoms with Crippen molar-refractivity contribution in [3.63, 3.8) is 0 Å². The number of thioether (sulfide) groups is 4. The molecule has 4 nitrogen and oxygen atoms in total. The lowest BCUT2D eigenvalue weighted by atomic mass is 9.79. The fourth-order valence-electron chi connectivity index (χ4n) is 11.7. The maximum atomic E-state index is 14.7. The van der Waals surface area contributed by atoms with E-state index in [4.69, 9.17) is 32.9 Å². The molecule has 0 aromatic heterocycles. The SMILES string of the molecule is BrB(Br)Br.CSc1c(-c2ccccc2F)ccc2c(-c3cc(Br)ccc3F)c(C)ccc12.CSc1c(-c2ccccc2F)ccc2c(O[B]O)c(C)ccc12.CSc1c(-c2ccccc2F)ccc2cc(C)ccc12.CSc1c(B(O)O)ccc2cc(C)ccc12.ClCCl.Fc1ccc(Br)cc1I.Fc1ccccc1Br. The minimum Gasteiger partial charge on any atom is -0.537 e. The Hall–Kier alpha value is -4.84. The lowest BCUT2D eigenvalue weighted by Gasteiger charge is -2.17. The Morgan fingerprint density at radius 1 is 0.396 bits per heavy atom. The molecule has 0 aliphatic rings. The molecule has 571 valence electrons. The predicted molar refractivity (Wildman–Crippen MR) is 500 cm³/mol. The van der Waals surface area contributed by atoms with Crippen LogP contribution in [0.4, 0.5) is 26.3 Å². The minimum absolute atomic E-state index is 0.168. The highest BCUT2D eigenvalue weighted by molar-refractivity contribution is 14.1. The van der Waals surface area contributed by atoms with E-state index in [1.807, 2.05) is 165 Å². The number of rotatable bonds is 11. The van der Waals surface area contributed by atoms with Gasteiger partial charge in [0.15, 0.2) is 0 Å². The Morgan fingerprint density at radius 3 is 1.19 bits per heavy atom. The molecule has 26 heteroatoms. The third-order valence-corrected chi connectivity index (χ3v) is 22.5. The largest absolute Gasteiger partial charge is 0.569 e. The molecular weight excluding hydrogens is 2040 g/mol. The summed E-state index contributed by atoms with van der Waals surface area (Å²) in [6.45, 7) is 8.04. The lowest BCUT2D eigenvalue weighted by molar-refractivity contribution is 0.425. The number of halogens is 15. The molecule has 0 bridgehead atoms. The molecule has 0 fully saturated rings. The van der Waals surface area contributed by atoms with Crippen molar-refractivity contribution in [1.29, 1.82) is 0 Å². The highest BCUT2D eigenvalue weighted by atomic mass is 127. The van der Waals surface area contributed by atoms with E-state index in [0.717, 1.165) is 94.2 Å². The molecule has 0 spiro atoms. The van der Waals surface area contributed by atoms with Gasteiger partial charge in [0.1, 0.15) is 40.7 Å². The van der Waals surface area contributed by atoms with E-state index >= 15 is 0 Å². The molecule has 0 amide bonds. The second-order valence-corrected chi connectivity index (χ2v) is 38.1. The number of hydrogen-bond donors (Lipinski definition) is 3. The Kier molecular flexibility index (Phi) is 39.3. The summed E-state index contributed by atoms with van der Waals surface area (Å²) in [5.74, 6) is -0.694. The average Bonchev–Trinajstić information content (AvgIpc) is 0.805. The first-order valence-corrected chi connectivity index (χ1v) is 45.4. The smallest absolute Gasteiger partial charge is 0.537 e. The van der Waals surface area contributed by atoms with Gasteiger partial charge in [-0.3, -0.25) is 0 Å². The first-order valence-electron chi connectivity index (χ1n) is 33.3. The molecule has 0 heterocycles. The molecular formula is C85H69B3Br6Cl2F6IO4S4. The first-order chi connectivity index (χ1) is 53.2. The Bertz CT molecular complexity index is 5480. The van der Waals surface area contributed by atoms with Crippen LogP contribution in [0.3, 0.4) is 0 Å². The fourth-order valence-corrected chi connectivity index (χ4v) is 16.9. The first kappa shape index (κ1) is 93.3. The molecule has 0 aliphatic carbocycles. The zero-order valence-corrected chi connectivity index (χ0v) is 77.0. The van der Waals surface area contributed by atoms with Crippen molar-refractivity contribution in [3.05, 3.63) is 317 Å². The molecule has 1 radical (unpaired) electrons. The zero-order valence-electron chi connectivity index (χ0n) is 60.6. The summed E-state index contributed by atoms with van der Waals surface area (Å²) < 4.78 is 90.5. The van der Waals surface area contributed by atoms with E-state index in [0.29, 0.717) is 49.2 Å². The molecule has 0 aliphatic heterocycles. The summed E-state index contributed by atoms with van der Waals surface area (Å²) in [6, 6.07) is 72.9. The van der Waals surface area contributed by atoms with E-state index in [2.05, 4.69) is 132 Å². The standard InChI is InChI=1S/C24H17BrF2S.C18H15BFO2S.C18H15FS.C12H13BO2S.C6H3BrFI.C6H4BrF.CH2Cl2.BBr3/c1-14-7-9-19-17(23(14)20-13-15(25)8-12-22(20)27)10-11-18(24(19)28-2)16-5-3-4-6-21(16)26;1-11-7-8-15-13(17(11)22-19-21)9-10-14(18(15)23-2)12-5-3-4-6-16(12)20;1-12-7-9-14-13(11-12)8-10-16(18(14)20-2)15-5-3-4-6-17(15)19;1-8-3-5-10-9(7-8)4-6-11(13(14)15)12(10)16-2;7-4-1-2-5(8)6(9)3-4;7-5-3-1-2-4-6(5)8;2-1-3;2-1(3)4/h3-13H,1-2H3;3-10,21H,1-2H3;3-11H,1-2H3;3-7,14-15H,1-2H3;1-3H;1-4H;1H2;. The normalized spacial score (nSPS) is 10.4. The van der Waals surface area contributed by atoms with Gasteiger partial charge in [0.25, 0.3) is 0 Å². The molecule has 0 unspecified atom stereocenters. The number of aryl methyl sites for hydroxylation is 4. The van der Waals surface area contributed by atoms with Crippen molar-refractivity contribution in [1.82, 2.24) is 0 Å². The molecule has 0 saturated carbocycles. The van der Waals surface area contributed by atoms with Gasteiger partial charge < -0.3 is 19.7 Å². The van der Waals surface area contributed by atoms with E-state index in [9.17, 15) is 36.4 Å². The van der Waals surface area contributed by atoms with Gasteiger partial charge in [-0.1, -0.05) is 219 Å². The third kappa shape index (κ3) is 25.8. The highest BCUT2D eigenvalue weighted by Crippen LogP contribution is 2.45. The molecule has 14 rings (SSSR count). The van der Waals surface area contributed by atoms with Crippen LogP contribution in [-0.2, 0) is 0 Å². The van der Waals surface area contributed by atoms with Gasteiger partial charge in [-0.15, -0.1) is 118 Å². The van der Waals surface area contributed by atoms with Gasteiger partial charge in [0, 0.05) is 59.7 Å². The van der Waals surface area contributed by atoms with Crippen LogP contribution >= 0.6 is 188 Å². The summed E-state index contributed by atoms with van der Waals surface area (Å²) in [7, 11) is -0.723. The van der Waals surface area contributed by atoms with Crippen LogP contribution in [0.1, 0.15) is 22.3 Å². The van der Waals surface area contributed by atoms with Crippen LogP contribution in [0.2, 0.25) is 0 Å². The van der Waals surface area contributed by atoms with Gasteiger partial charge in [-0.05, 0) is 235 Å². The van der Waals surface area contributed by atoms with E-state index in [1.54, 1.807) is 114 Å². The van der Waals surface area contributed by atoms with Crippen molar-refractivity contribution < 1.29 is 46.1 Å². The summed E-state index contributed by atoms with van der Waals surface area (Å²) in [5, 5.41) is 36.2. The molecule has 0 atom stereocenters. The van der Waals surface area contributed by atoms with Crippen LogP contribution in [-0.4, -0.2) is 63.4 Å². The van der Waals surface area contributed by atoms with Crippen LogP contribution < -0.4 is 10.1 Å². The average molecular weight is 2110 g/mol. The monoisotopic (exact) mass is 2100 g/mol. The molecule has 14 aromatic carbocycles. The second-order valence-electron chi connectivity index (χ2n) is 23.7. The zero-order chi connectivity index (χ0) is 81.2. The Labute approximate surface area is 736 Å². The maximum absolute atomic E-state index is 14.7. The van der Waals surface area contributed by atoms with Gasteiger partial charge in [-0.2, -0.15) is 0 Å². The third-order valence-electron chi connectivity index (χ3n) is 16.6. The van der Waals surface area contributed by atoms with Crippen molar-refractivity contribution in [2.24, 2.45) is 0 Å². The van der Waals surface area contributed by atoms with Gasteiger partial charge in [0.2, 0.25) is 0 Å². The van der Waals surface area contributed by atoms with Gasteiger partial charge in [-0.25, -0.2) is 26.3 Å². The predicted octanol–water partition coefficient (Wildman–Crippen LogP) is 29.4. The Balaban J connectivity index is 0.000000189. The van der Waals surface area contributed by atoms with Crippen LogP contribution in [0.25, 0.3) is 87.6 Å². The van der Waals surface area contributed by atoms with Crippen LogP contribution in [0.5, 0.6) is 5.75 Å². The summed E-state index contributed by atoms with van der Waals surface area (Å²) in [4.78, 5) is 4.04. The summed E-state index contributed by atoms with van der Waals surface area (Å²) in [6.07, 6.45) is 7.94. The van der Waals surface area contributed by atoms with Crippen molar-refractivity contribution in [2.75, 3.05) is 30.4 Å². The van der Waals surface area contributed by atoms with Crippen LogP contribution in [0, 0.1) is 66.2 Å². The van der Waals surface area contributed by atoms with Gasteiger partial charge >= 0.3 is 18.0 Å². The number of hydrogen-bond acceptors (Lipinski definition) is 8. The highest BCUT2D eigenvalue weighted by Gasteiger charge is 2.21. The van der Waals surface area contributed by atoms with Gasteiger partial charge in [0.05, 0.1) is 9.81 Å². The van der Waals surface area contributed by atoms with Crippen molar-refractivity contribution in [3.8, 4) is 50.3 Å². The molecule has 3 N–H and O–H groups in total. The summed E-state index contributed by atoms with van der Waals surface area (Å²) in [5.41, 5.74) is 10.8. The van der Waals surface area contributed by atoms with Crippen molar-refractivity contribution >= 4 is 254 Å². The summed E-state index contributed by atoms with van der Waals surface area (Å²) >= 11 is 36.8. The quantitative estimate of drug-likeness (QED) is 0.0296. The maximum Gasteiger partial charge on any atom is 0.569 e. The second kappa shape index (κ2) is 46.8. The van der Waals surface area contributed by atoms with E-state index in [1.165, 1.54) is 70.1 Å². The Morgan fingerprint density at radius 2 is 0.766 bits per heavy atom. The van der Waals surface area contributed by atoms with Crippen LogP contribution in [0.15, 0.2) is 276 Å². The van der Waals surface area contributed by atoms with E-state index < -0.39 is 7.12 Å². The number of fused-ring (bicyclic) bond motifs is 4. The topological polar surface area (TPSA) is 69.9 Å². The lowest BCUT2D eigenvalue weighted by Crippen LogP contribution is -2.31. The molecule has 111 heavy (non-hydrogen) atoms. The van der Waals surface area contributed by atoms with Crippen molar-refractivity contribution in [2.45, 2.75) is 47.3 Å². The number of benzene rings is 14. The molecule has 0 saturated heterocycles. The minimum atomic E-state index is -1.41. The fraction of sp³-hybridized carbons (Fsp3) is 0.106. The number of alkyl halides is 2. The van der Waals surface area contributed by atoms with E-state index in [-0.39, 0.29) is 43.4 Å². The molecule has 14 aromatic rings.